The van der Waals surface area contributed by atoms with E-state index in [0.29, 0.717) is 22.0 Å². The van der Waals surface area contributed by atoms with Gasteiger partial charge in [0.2, 0.25) is 11.5 Å². The average molecular weight is 411 g/mol. The van der Waals surface area contributed by atoms with Gasteiger partial charge < -0.3 is 24.3 Å². The number of methoxy groups -OCH3 is 4. The Balaban J connectivity index is 2.63. The van der Waals surface area contributed by atoms with Gasteiger partial charge in [-0.2, -0.15) is 0 Å². The highest BCUT2D eigenvalue weighted by Crippen LogP contribution is 2.46. The van der Waals surface area contributed by atoms with Crippen LogP contribution < -0.4 is 24.3 Å². The Kier molecular flexibility index (Phi) is 6.53. The zero-order valence-corrected chi connectivity index (χ0v) is 16.7. The lowest BCUT2D eigenvalue weighted by molar-refractivity contribution is -0.386. The maximum absolute atomic E-state index is 12.9. The molecule has 28 heavy (non-hydrogen) atoms. The molecule has 1 amide bonds. The summed E-state index contributed by atoms with van der Waals surface area (Å²) < 4.78 is 20.7. The minimum atomic E-state index is -0.758. The van der Waals surface area contributed by atoms with Crippen molar-refractivity contribution in [3.63, 3.8) is 0 Å². The van der Waals surface area contributed by atoms with Gasteiger partial charge in [-0.05, 0) is 18.6 Å². The minimum absolute atomic E-state index is 0.00756. The van der Waals surface area contributed by atoms with Crippen molar-refractivity contribution in [1.82, 2.24) is 0 Å². The number of hydrogen-bond acceptors (Lipinski definition) is 7. The summed E-state index contributed by atoms with van der Waals surface area (Å²) in [7, 11) is 5.30. The van der Waals surface area contributed by atoms with Gasteiger partial charge in [-0.3, -0.25) is 14.9 Å². The molecule has 0 atom stereocenters. The van der Waals surface area contributed by atoms with Crippen molar-refractivity contribution in [3.05, 3.63) is 44.5 Å². The Bertz CT molecular complexity index is 931. The molecule has 0 aromatic heterocycles. The number of aryl methyl sites for hydroxylation is 1. The first kappa shape index (κ1) is 21.1. The number of anilines is 1. The summed E-state index contributed by atoms with van der Waals surface area (Å²) >= 11 is 6.07. The summed E-state index contributed by atoms with van der Waals surface area (Å²) in [5.74, 6) is -0.566. The highest BCUT2D eigenvalue weighted by molar-refractivity contribution is 6.31. The molecule has 0 unspecified atom stereocenters. The van der Waals surface area contributed by atoms with Crippen LogP contribution in [0, 0.1) is 17.0 Å². The number of halogens is 1. The molecule has 0 aliphatic heterocycles. The van der Waals surface area contributed by atoms with Crippen molar-refractivity contribution in [2.75, 3.05) is 33.8 Å². The molecule has 0 saturated carbocycles. The number of carbonyl (C=O) groups is 1. The van der Waals surface area contributed by atoms with E-state index in [2.05, 4.69) is 5.32 Å². The molecule has 9 nitrogen and oxygen atoms in total. The Morgan fingerprint density at radius 2 is 1.61 bits per heavy atom. The van der Waals surface area contributed by atoms with Gasteiger partial charge in [0.15, 0.2) is 5.75 Å². The molecule has 2 aromatic rings. The molecule has 150 valence electrons. The van der Waals surface area contributed by atoms with Gasteiger partial charge in [0.05, 0.1) is 39.0 Å². The second-order valence-corrected chi connectivity index (χ2v) is 5.96. The van der Waals surface area contributed by atoms with Crippen molar-refractivity contribution in [3.8, 4) is 23.0 Å². The van der Waals surface area contributed by atoms with E-state index >= 15 is 0 Å². The normalized spacial score (nSPS) is 10.2. The van der Waals surface area contributed by atoms with Gasteiger partial charge in [-0.15, -0.1) is 0 Å². The van der Waals surface area contributed by atoms with Crippen molar-refractivity contribution < 1.29 is 28.7 Å². The summed E-state index contributed by atoms with van der Waals surface area (Å²) in [5, 5.41) is 14.7. The van der Waals surface area contributed by atoms with Gasteiger partial charge in [0, 0.05) is 17.2 Å². The second-order valence-electron chi connectivity index (χ2n) is 5.55. The summed E-state index contributed by atoms with van der Waals surface area (Å²) in [6.45, 7) is 1.75. The zero-order chi connectivity index (χ0) is 21.0. The number of nitro benzene ring substituents is 1. The number of nitrogens with one attached hydrogen (secondary N) is 1. The molecule has 0 spiro atoms. The van der Waals surface area contributed by atoms with Crippen LogP contribution in [0.2, 0.25) is 5.02 Å². The number of carbonyl (C=O) groups excluding carboxylic acids is 1. The molecule has 0 heterocycles. The monoisotopic (exact) mass is 410 g/mol. The zero-order valence-electron chi connectivity index (χ0n) is 15.9. The number of hydrogen-bond donors (Lipinski definition) is 1. The quantitative estimate of drug-likeness (QED) is 0.545. The molecule has 0 aliphatic carbocycles. The van der Waals surface area contributed by atoms with E-state index in [4.69, 9.17) is 30.5 Å². The predicted molar refractivity (Wildman–Crippen MR) is 103 cm³/mol. The molecule has 0 fully saturated rings. The number of amides is 1. The van der Waals surface area contributed by atoms with Gasteiger partial charge in [0.1, 0.15) is 11.3 Å². The van der Waals surface area contributed by atoms with Gasteiger partial charge in [0.25, 0.3) is 5.91 Å². The van der Waals surface area contributed by atoms with Gasteiger partial charge >= 0.3 is 5.69 Å². The molecule has 0 aliphatic rings. The number of ether oxygens (including phenoxy) is 4. The summed E-state index contributed by atoms with van der Waals surface area (Å²) in [4.78, 5) is 23.8. The fourth-order valence-electron chi connectivity index (χ4n) is 2.61. The molecule has 10 heteroatoms. The average Bonchev–Trinajstić information content (AvgIpc) is 2.68. The van der Waals surface area contributed by atoms with E-state index in [0.717, 1.165) is 0 Å². The second kappa shape index (κ2) is 8.66. The third-order valence-corrected chi connectivity index (χ3v) is 4.37. The highest BCUT2D eigenvalue weighted by Gasteiger charge is 2.32. The van der Waals surface area contributed by atoms with Crippen molar-refractivity contribution >= 4 is 28.9 Å². The van der Waals surface area contributed by atoms with Crippen LogP contribution in [0.15, 0.2) is 18.2 Å². The number of nitro groups is 1. The lowest BCUT2D eigenvalue weighted by Crippen LogP contribution is -2.16. The highest BCUT2D eigenvalue weighted by atomic mass is 35.5. The number of benzene rings is 2. The first-order valence-electron chi connectivity index (χ1n) is 7.91. The van der Waals surface area contributed by atoms with Crippen LogP contribution in [0.25, 0.3) is 0 Å². The Labute approximate surface area is 166 Å². The smallest absolute Gasteiger partial charge is 0.327 e. The van der Waals surface area contributed by atoms with E-state index in [9.17, 15) is 14.9 Å². The molecular weight excluding hydrogens is 392 g/mol. The lowest BCUT2D eigenvalue weighted by Gasteiger charge is -2.16. The third kappa shape index (κ3) is 3.89. The minimum Gasteiger partial charge on any atom is -0.495 e. The van der Waals surface area contributed by atoms with Crippen LogP contribution in [0.5, 0.6) is 23.0 Å². The molecule has 2 aromatic carbocycles. The summed E-state index contributed by atoms with van der Waals surface area (Å²) in [6.07, 6.45) is 0. The Hall–Kier alpha value is -3.20. The molecule has 0 bridgehead atoms. The summed E-state index contributed by atoms with van der Waals surface area (Å²) in [5.41, 5.74) is 0.172. The van der Waals surface area contributed by atoms with Gasteiger partial charge in [-0.25, -0.2) is 0 Å². The first-order valence-corrected chi connectivity index (χ1v) is 8.29. The first-order chi connectivity index (χ1) is 13.3. The number of nitrogens with zero attached hydrogens (tertiary/aromatic N) is 1. The Morgan fingerprint density at radius 1 is 1.00 bits per heavy atom. The molecular formula is C18H19ClN2O7. The molecule has 1 N–H and O–H groups in total. The fraction of sp³-hybridized carbons (Fsp3) is 0.278. The van der Waals surface area contributed by atoms with Crippen LogP contribution >= 0.6 is 11.6 Å². The van der Waals surface area contributed by atoms with E-state index < -0.39 is 16.5 Å². The van der Waals surface area contributed by atoms with Crippen molar-refractivity contribution in [2.24, 2.45) is 0 Å². The van der Waals surface area contributed by atoms with Crippen LogP contribution in [-0.4, -0.2) is 39.3 Å². The lowest BCUT2D eigenvalue weighted by atomic mass is 10.1. The van der Waals surface area contributed by atoms with E-state index in [1.54, 1.807) is 13.0 Å². The summed E-state index contributed by atoms with van der Waals surface area (Å²) in [6, 6.07) is 4.35. The fourth-order valence-corrected chi connectivity index (χ4v) is 2.77. The van der Waals surface area contributed by atoms with Crippen LogP contribution in [0.4, 0.5) is 11.4 Å². The standard InChI is InChI=1S/C18H19ClN2O7/c1-9-6-12(13(25-2)8-11(9)19)20-18(22)10-7-14(26-3)16(27-4)17(28-5)15(10)21(23)24/h6-8H,1-5H3,(H,20,22). The van der Waals surface area contributed by atoms with Crippen molar-refractivity contribution in [1.29, 1.82) is 0 Å². The Morgan fingerprint density at radius 3 is 2.11 bits per heavy atom. The van der Waals surface area contributed by atoms with E-state index in [1.165, 1.54) is 40.6 Å². The third-order valence-electron chi connectivity index (χ3n) is 3.96. The maximum atomic E-state index is 12.9. The SMILES string of the molecule is COc1cc(Cl)c(C)cc1NC(=O)c1cc(OC)c(OC)c(OC)c1[N+](=O)[O-]. The molecule has 0 saturated heterocycles. The van der Waals surface area contributed by atoms with E-state index in [-0.39, 0.29) is 22.8 Å². The van der Waals surface area contributed by atoms with Crippen molar-refractivity contribution in [2.45, 2.75) is 6.92 Å². The molecule has 0 radical (unpaired) electrons. The van der Waals surface area contributed by atoms with Gasteiger partial charge in [-0.1, -0.05) is 11.6 Å². The maximum Gasteiger partial charge on any atom is 0.327 e. The van der Waals surface area contributed by atoms with Crippen LogP contribution in [0.1, 0.15) is 15.9 Å². The predicted octanol–water partition coefficient (Wildman–Crippen LogP) is 3.84. The largest absolute Gasteiger partial charge is 0.495 e. The van der Waals surface area contributed by atoms with Crippen LogP contribution in [0.3, 0.4) is 0 Å². The van der Waals surface area contributed by atoms with Crippen LogP contribution in [-0.2, 0) is 0 Å². The topological polar surface area (TPSA) is 109 Å². The number of rotatable bonds is 7. The molecule has 2 rings (SSSR count). The van der Waals surface area contributed by atoms with E-state index in [1.807, 2.05) is 0 Å².